The Labute approximate surface area is 122 Å². The smallest absolute Gasteiger partial charge is 0.297 e. The highest BCUT2D eigenvalue weighted by Crippen LogP contribution is 2.23. The van der Waals surface area contributed by atoms with Crippen LogP contribution < -0.4 is 5.69 Å². The summed E-state index contributed by atoms with van der Waals surface area (Å²) in [7, 11) is 0. The molecule has 3 heterocycles. The zero-order valence-electron chi connectivity index (χ0n) is 11.9. The summed E-state index contributed by atoms with van der Waals surface area (Å²) in [4.78, 5) is 14.6. The molecule has 6 heteroatoms. The minimum Gasteiger partial charge on any atom is -0.297 e. The molecule has 1 aliphatic heterocycles. The van der Waals surface area contributed by atoms with Gasteiger partial charge in [0.1, 0.15) is 0 Å². The summed E-state index contributed by atoms with van der Waals surface area (Å²) < 4.78 is 3.17. The fourth-order valence-electron chi connectivity index (χ4n) is 2.65. The summed E-state index contributed by atoms with van der Waals surface area (Å²) >= 11 is 2.03. The monoisotopic (exact) mass is 292 g/mol. The van der Waals surface area contributed by atoms with Crippen molar-refractivity contribution >= 4 is 17.4 Å². The third-order valence-electron chi connectivity index (χ3n) is 4.10. The van der Waals surface area contributed by atoms with Crippen LogP contribution in [-0.2, 0) is 6.54 Å². The van der Waals surface area contributed by atoms with E-state index in [9.17, 15) is 4.79 Å². The van der Waals surface area contributed by atoms with Crippen molar-refractivity contribution in [1.29, 1.82) is 0 Å². The number of pyridine rings is 1. The molecular formula is C14H20N4OS. The summed E-state index contributed by atoms with van der Waals surface area (Å²) in [6, 6.07) is 6.17. The van der Waals surface area contributed by atoms with Crippen LogP contribution in [0.15, 0.2) is 29.2 Å². The van der Waals surface area contributed by atoms with E-state index >= 15 is 0 Å². The van der Waals surface area contributed by atoms with Crippen LogP contribution in [0.4, 0.5) is 0 Å². The van der Waals surface area contributed by atoms with Gasteiger partial charge in [0.05, 0.1) is 6.54 Å². The third-order valence-corrected chi connectivity index (χ3v) is 5.44. The summed E-state index contributed by atoms with van der Waals surface area (Å²) in [6.45, 7) is 7.18. The van der Waals surface area contributed by atoms with E-state index in [-0.39, 0.29) is 5.69 Å². The lowest BCUT2D eigenvalue weighted by Gasteiger charge is -2.37. The maximum absolute atomic E-state index is 12.2. The van der Waals surface area contributed by atoms with Crippen molar-refractivity contribution in [2.24, 2.45) is 0 Å². The molecule has 1 aliphatic rings. The highest BCUT2D eigenvalue weighted by molar-refractivity contribution is 8.00. The molecule has 2 aromatic rings. The molecule has 0 N–H and O–H groups in total. The largest absolute Gasteiger partial charge is 0.350 e. The van der Waals surface area contributed by atoms with Gasteiger partial charge in [-0.1, -0.05) is 13.0 Å². The SMILES string of the molecule is C[C@@H]1SCCN(CCn2nc3ccccn3c2=O)[C@@H]1C. The molecule has 0 bridgehead atoms. The first-order valence-electron chi connectivity index (χ1n) is 7.06. The van der Waals surface area contributed by atoms with Crippen molar-refractivity contribution in [3.05, 3.63) is 34.9 Å². The molecule has 3 rings (SSSR count). The topological polar surface area (TPSA) is 42.5 Å². The Morgan fingerprint density at radius 1 is 1.35 bits per heavy atom. The highest BCUT2D eigenvalue weighted by atomic mass is 32.2. The summed E-state index contributed by atoms with van der Waals surface area (Å²) in [5, 5.41) is 5.03. The number of rotatable bonds is 3. The van der Waals surface area contributed by atoms with Gasteiger partial charge in [-0.05, 0) is 19.1 Å². The van der Waals surface area contributed by atoms with Crippen LogP contribution >= 0.6 is 11.8 Å². The van der Waals surface area contributed by atoms with E-state index in [2.05, 4.69) is 23.8 Å². The van der Waals surface area contributed by atoms with E-state index < -0.39 is 0 Å². The van der Waals surface area contributed by atoms with Crippen LogP contribution in [-0.4, -0.2) is 49.2 Å². The number of thioether (sulfide) groups is 1. The van der Waals surface area contributed by atoms with E-state index in [1.54, 1.807) is 15.3 Å². The lowest BCUT2D eigenvalue weighted by Crippen LogP contribution is -2.46. The average Bonchev–Trinajstić information content (AvgIpc) is 2.78. The molecule has 0 unspecified atom stereocenters. The maximum atomic E-state index is 12.2. The minimum atomic E-state index is -0.0484. The molecule has 108 valence electrons. The van der Waals surface area contributed by atoms with Crippen molar-refractivity contribution in [1.82, 2.24) is 19.1 Å². The Balaban J connectivity index is 1.74. The zero-order chi connectivity index (χ0) is 14.1. The van der Waals surface area contributed by atoms with Crippen molar-refractivity contribution < 1.29 is 0 Å². The van der Waals surface area contributed by atoms with E-state index in [1.807, 2.05) is 30.0 Å². The Morgan fingerprint density at radius 3 is 3.00 bits per heavy atom. The van der Waals surface area contributed by atoms with Gasteiger partial charge in [-0.15, -0.1) is 5.10 Å². The molecule has 0 amide bonds. The second-order valence-electron chi connectivity index (χ2n) is 5.29. The molecule has 0 radical (unpaired) electrons. The van der Waals surface area contributed by atoms with Gasteiger partial charge in [-0.3, -0.25) is 9.30 Å². The first-order chi connectivity index (χ1) is 9.66. The fraction of sp³-hybridized carbons (Fsp3) is 0.571. The Bertz CT molecular complexity index is 650. The van der Waals surface area contributed by atoms with Gasteiger partial charge in [0.15, 0.2) is 5.65 Å². The lowest BCUT2D eigenvalue weighted by molar-refractivity contribution is 0.201. The Kier molecular flexibility index (Phi) is 3.85. The van der Waals surface area contributed by atoms with Crippen molar-refractivity contribution in [2.75, 3.05) is 18.8 Å². The average molecular weight is 292 g/mol. The molecule has 1 saturated heterocycles. The zero-order valence-corrected chi connectivity index (χ0v) is 12.7. The lowest BCUT2D eigenvalue weighted by atomic mass is 10.2. The van der Waals surface area contributed by atoms with Crippen molar-refractivity contribution in [2.45, 2.75) is 31.7 Å². The van der Waals surface area contributed by atoms with Crippen molar-refractivity contribution in [3.63, 3.8) is 0 Å². The predicted octanol–water partition coefficient (Wildman–Crippen LogP) is 1.32. The number of aromatic nitrogens is 3. The van der Waals surface area contributed by atoms with Gasteiger partial charge >= 0.3 is 5.69 Å². The van der Waals surface area contributed by atoms with E-state index in [0.29, 0.717) is 23.5 Å². The highest BCUT2D eigenvalue weighted by Gasteiger charge is 2.24. The molecular weight excluding hydrogens is 272 g/mol. The van der Waals surface area contributed by atoms with Gasteiger partial charge in [0, 0.05) is 36.3 Å². The number of nitrogens with zero attached hydrogens (tertiary/aromatic N) is 4. The number of hydrogen-bond donors (Lipinski definition) is 0. The Morgan fingerprint density at radius 2 is 2.20 bits per heavy atom. The molecule has 2 atom stereocenters. The van der Waals surface area contributed by atoms with E-state index in [1.165, 1.54) is 5.75 Å². The van der Waals surface area contributed by atoms with Crippen LogP contribution in [0.25, 0.3) is 5.65 Å². The normalized spacial score (nSPS) is 24.3. The standard InChI is InChI=1S/C14H20N4OS/c1-11-12(2)20-10-9-16(11)7-8-18-14(19)17-6-4-3-5-13(17)15-18/h3-6,11-12H,7-10H2,1-2H3/t11-,12+/m1/s1. The molecule has 0 saturated carbocycles. The van der Waals surface area contributed by atoms with Gasteiger partial charge in [-0.25, -0.2) is 9.48 Å². The van der Waals surface area contributed by atoms with Gasteiger partial charge < -0.3 is 0 Å². The minimum absolute atomic E-state index is 0.0484. The van der Waals surface area contributed by atoms with Crippen LogP contribution in [0.5, 0.6) is 0 Å². The van der Waals surface area contributed by atoms with Gasteiger partial charge in [0.2, 0.25) is 0 Å². The molecule has 20 heavy (non-hydrogen) atoms. The third kappa shape index (κ3) is 2.50. The molecule has 1 fully saturated rings. The van der Waals surface area contributed by atoms with Crippen LogP contribution in [0, 0.1) is 0 Å². The number of hydrogen-bond acceptors (Lipinski definition) is 4. The van der Waals surface area contributed by atoms with E-state index in [4.69, 9.17) is 0 Å². The first-order valence-corrected chi connectivity index (χ1v) is 8.11. The van der Waals surface area contributed by atoms with Crippen LogP contribution in [0.1, 0.15) is 13.8 Å². The quantitative estimate of drug-likeness (QED) is 0.856. The summed E-state index contributed by atoms with van der Waals surface area (Å²) in [5.41, 5.74) is 0.667. The summed E-state index contributed by atoms with van der Waals surface area (Å²) in [5.74, 6) is 1.17. The second kappa shape index (κ2) is 5.61. The summed E-state index contributed by atoms with van der Waals surface area (Å²) in [6.07, 6.45) is 1.77. The Hall–Kier alpha value is -1.27. The van der Waals surface area contributed by atoms with Crippen molar-refractivity contribution in [3.8, 4) is 0 Å². The van der Waals surface area contributed by atoms with Crippen LogP contribution in [0.3, 0.4) is 0 Å². The first kappa shape index (κ1) is 13.7. The molecule has 0 aromatic carbocycles. The predicted molar refractivity (Wildman–Crippen MR) is 82.4 cm³/mol. The van der Waals surface area contributed by atoms with Gasteiger partial charge in [0.25, 0.3) is 0 Å². The second-order valence-corrected chi connectivity index (χ2v) is 6.77. The number of fused-ring (bicyclic) bond motifs is 1. The molecule has 0 aliphatic carbocycles. The van der Waals surface area contributed by atoms with E-state index in [0.717, 1.165) is 13.1 Å². The van der Waals surface area contributed by atoms with Gasteiger partial charge in [-0.2, -0.15) is 11.8 Å². The molecule has 0 spiro atoms. The maximum Gasteiger partial charge on any atom is 0.350 e. The molecule has 5 nitrogen and oxygen atoms in total. The van der Waals surface area contributed by atoms with Crippen LogP contribution in [0.2, 0.25) is 0 Å². The molecule has 2 aromatic heterocycles. The fourth-order valence-corrected chi connectivity index (χ4v) is 3.81.